The number of aliphatic hydroxyl groups is 1. The maximum absolute atomic E-state index is 13.7. The Hall–Kier alpha value is -1.28. The quantitative estimate of drug-likeness (QED) is 0.429. The molecule has 0 saturated carbocycles. The van der Waals surface area contributed by atoms with Crippen LogP contribution in [0.4, 0.5) is 0 Å². The monoisotopic (exact) mass is 426 g/mol. The normalized spacial score (nSPS) is 33.9. The average Bonchev–Trinajstić information content (AvgIpc) is 3.30. The molecule has 3 rings (SSSR count). The number of hydrogen-bond acceptors (Lipinski definition) is 6. The number of nitrogens with zero attached hydrogens (tertiary/aromatic N) is 1. The summed E-state index contributed by atoms with van der Waals surface area (Å²) in [5, 5.41) is 13.1. The van der Waals surface area contributed by atoms with Gasteiger partial charge in [0.2, 0.25) is 11.8 Å². The zero-order chi connectivity index (χ0) is 21.3. The van der Waals surface area contributed by atoms with E-state index in [9.17, 15) is 19.5 Å². The van der Waals surface area contributed by atoms with Gasteiger partial charge in [0.1, 0.15) is 6.04 Å². The third kappa shape index (κ3) is 3.56. The lowest BCUT2D eigenvalue weighted by molar-refractivity contribution is -0.154. The highest BCUT2D eigenvalue weighted by atomic mass is 32.2. The predicted octanol–water partition coefficient (Wildman–Crippen LogP) is 1.57. The number of carbonyl (C=O) groups excluding carboxylic acids is 3. The second-order valence-electron chi connectivity index (χ2n) is 8.69. The Morgan fingerprint density at radius 3 is 2.69 bits per heavy atom. The largest absolute Gasteiger partial charge is 0.466 e. The third-order valence-electron chi connectivity index (χ3n) is 6.69. The van der Waals surface area contributed by atoms with Gasteiger partial charge in [0, 0.05) is 11.8 Å². The van der Waals surface area contributed by atoms with Crippen molar-refractivity contribution in [2.24, 2.45) is 17.8 Å². The molecule has 3 aliphatic rings. The number of esters is 1. The van der Waals surface area contributed by atoms with Gasteiger partial charge in [-0.05, 0) is 32.1 Å². The molecule has 0 aromatic heterocycles. The second-order valence-corrected chi connectivity index (χ2v) is 10.3. The predicted molar refractivity (Wildman–Crippen MR) is 111 cm³/mol. The summed E-state index contributed by atoms with van der Waals surface area (Å²) in [5.74, 6) is -1.74. The van der Waals surface area contributed by atoms with Crippen molar-refractivity contribution >= 4 is 29.5 Å². The van der Waals surface area contributed by atoms with Gasteiger partial charge in [-0.25, -0.2) is 0 Å². The van der Waals surface area contributed by atoms with Gasteiger partial charge < -0.3 is 20.1 Å². The van der Waals surface area contributed by atoms with E-state index in [1.807, 2.05) is 13.8 Å². The van der Waals surface area contributed by atoms with Crippen molar-refractivity contribution in [2.45, 2.75) is 75.5 Å². The average molecular weight is 427 g/mol. The van der Waals surface area contributed by atoms with E-state index in [-0.39, 0.29) is 42.2 Å². The topological polar surface area (TPSA) is 95.9 Å². The summed E-state index contributed by atoms with van der Waals surface area (Å²) in [6.07, 6.45) is 3.37. The van der Waals surface area contributed by atoms with Crippen LogP contribution in [0.15, 0.2) is 0 Å². The van der Waals surface area contributed by atoms with Crippen LogP contribution in [0.5, 0.6) is 0 Å². The van der Waals surface area contributed by atoms with Crippen molar-refractivity contribution in [1.82, 2.24) is 10.2 Å². The molecule has 3 heterocycles. The molecule has 2 N–H and O–H groups in total. The minimum absolute atomic E-state index is 0.00615. The number of unbranched alkanes of at least 4 members (excludes halogenated alkanes) is 1. The minimum Gasteiger partial charge on any atom is -0.466 e. The summed E-state index contributed by atoms with van der Waals surface area (Å²) >= 11 is 1.63. The van der Waals surface area contributed by atoms with Gasteiger partial charge in [-0.15, -0.1) is 11.8 Å². The Balaban J connectivity index is 2.00. The molecule has 0 aliphatic carbocycles. The van der Waals surface area contributed by atoms with Crippen LogP contribution in [0, 0.1) is 17.8 Å². The highest BCUT2D eigenvalue weighted by Gasteiger charge is 2.74. The molecule has 3 fully saturated rings. The van der Waals surface area contributed by atoms with E-state index < -0.39 is 28.7 Å². The number of rotatable bonds is 9. The van der Waals surface area contributed by atoms with E-state index in [4.69, 9.17) is 4.74 Å². The van der Waals surface area contributed by atoms with Gasteiger partial charge >= 0.3 is 5.97 Å². The third-order valence-corrected chi connectivity index (χ3v) is 8.64. The van der Waals surface area contributed by atoms with E-state index in [1.165, 1.54) is 0 Å². The summed E-state index contributed by atoms with van der Waals surface area (Å²) in [5.41, 5.74) is 0. The van der Waals surface area contributed by atoms with Gasteiger partial charge in [-0.1, -0.05) is 27.2 Å². The SMILES string of the molecule is CCCCNC(=O)C1N([C@@H](CO)C(C)C)C(=O)[C@@H]2[C@H](C(=O)OCC)[C@@H]3CCC12S3. The highest BCUT2D eigenvalue weighted by Crippen LogP contribution is 2.66. The van der Waals surface area contributed by atoms with E-state index in [2.05, 4.69) is 12.2 Å². The maximum Gasteiger partial charge on any atom is 0.310 e. The van der Waals surface area contributed by atoms with E-state index in [0.29, 0.717) is 6.54 Å². The number of carbonyl (C=O) groups is 3. The first-order valence-corrected chi connectivity index (χ1v) is 11.8. The lowest BCUT2D eigenvalue weighted by Crippen LogP contribution is -2.57. The standard InChI is InChI=1S/C21H34N2O5S/c1-5-7-10-22-18(25)17-21-9-8-14(29-21)15(20(27)28-6-2)16(21)19(26)23(17)13(11-24)12(3)4/h12-17,24H,5-11H2,1-4H3,(H,22,25)/t13-,14-,15+,16-,17?,21?/m0/s1. The maximum atomic E-state index is 13.7. The molecule has 2 unspecified atom stereocenters. The summed E-state index contributed by atoms with van der Waals surface area (Å²) in [7, 11) is 0. The summed E-state index contributed by atoms with van der Waals surface area (Å²) < 4.78 is 4.69. The number of amides is 2. The molecule has 0 aromatic rings. The molecule has 3 saturated heterocycles. The first kappa shape index (κ1) is 22.4. The van der Waals surface area contributed by atoms with Crippen LogP contribution < -0.4 is 5.32 Å². The van der Waals surface area contributed by atoms with Gasteiger partial charge in [-0.3, -0.25) is 14.4 Å². The second kappa shape index (κ2) is 8.84. The number of nitrogens with one attached hydrogen (secondary N) is 1. The fraction of sp³-hybridized carbons (Fsp3) is 0.857. The lowest BCUT2D eigenvalue weighted by Gasteiger charge is -2.38. The molecule has 8 heteroatoms. The van der Waals surface area contributed by atoms with Crippen LogP contribution >= 0.6 is 11.8 Å². The molecular weight excluding hydrogens is 392 g/mol. The number of thioether (sulfide) groups is 1. The van der Waals surface area contributed by atoms with E-state index in [1.54, 1.807) is 23.6 Å². The van der Waals surface area contributed by atoms with Gasteiger partial charge in [0.05, 0.1) is 35.8 Å². The van der Waals surface area contributed by atoms with Crippen LogP contribution in [-0.2, 0) is 19.1 Å². The molecule has 164 valence electrons. The molecule has 0 aromatic carbocycles. The van der Waals surface area contributed by atoms with Crippen molar-refractivity contribution in [3.8, 4) is 0 Å². The fourth-order valence-corrected chi connectivity index (χ4v) is 7.55. The van der Waals surface area contributed by atoms with Crippen molar-refractivity contribution in [3.05, 3.63) is 0 Å². The number of ether oxygens (including phenoxy) is 1. The molecule has 3 aliphatic heterocycles. The van der Waals surface area contributed by atoms with Crippen molar-refractivity contribution in [2.75, 3.05) is 19.8 Å². The van der Waals surface area contributed by atoms with E-state index >= 15 is 0 Å². The summed E-state index contributed by atoms with van der Waals surface area (Å²) in [6.45, 7) is 8.35. The van der Waals surface area contributed by atoms with Crippen LogP contribution in [0.1, 0.15) is 53.4 Å². The number of likely N-dealkylation sites (tertiary alicyclic amines) is 1. The Morgan fingerprint density at radius 2 is 2.10 bits per heavy atom. The number of aliphatic hydroxyl groups excluding tert-OH is 1. The molecule has 0 radical (unpaired) electrons. The summed E-state index contributed by atoms with van der Waals surface area (Å²) in [4.78, 5) is 41.3. The Kier molecular flexibility index (Phi) is 6.83. The van der Waals surface area contributed by atoms with Crippen molar-refractivity contribution < 1.29 is 24.2 Å². The first-order valence-electron chi connectivity index (χ1n) is 10.9. The molecular formula is C21H34N2O5S. The Morgan fingerprint density at radius 1 is 1.38 bits per heavy atom. The molecule has 7 nitrogen and oxygen atoms in total. The van der Waals surface area contributed by atoms with Gasteiger partial charge in [-0.2, -0.15) is 0 Å². The Bertz CT molecular complexity index is 657. The first-order chi connectivity index (χ1) is 13.8. The molecule has 6 atom stereocenters. The number of fused-ring (bicyclic) bond motifs is 1. The smallest absolute Gasteiger partial charge is 0.310 e. The van der Waals surface area contributed by atoms with Crippen LogP contribution in [0.3, 0.4) is 0 Å². The minimum atomic E-state index is -0.661. The van der Waals surface area contributed by atoms with Crippen LogP contribution in [0.2, 0.25) is 0 Å². The molecule has 1 spiro atoms. The Labute approximate surface area is 177 Å². The summed E-state index contributed by atoms with van der Waals surface area (Å²) in [6, 6.07) is -1.11. The number of hydrogen-bond donors (Lipinski definition) is 2. The van der Waals surface area contributed by atoms with Crippen molar-refractivity contribution in [3.63, 3.8) is 0 Å². The van der Waals surface area contributed by atoms with Crippen LogP contribution in [-0.4, -0.2) is 69.6 Å². The zero-order valence-corrected chi connectivity index (χ0v) is 18.7. The zero-order valence-electron chi connectivity index (χ0n) is 17.8. The van der Waals surface area contributed by atoms with Gasteiger partial charge in [0.25, 0.3) is 0 Å². The highest BCUT2D eigenvalue weighted by molar-refractivity contribution is 8.02. The van der Waals surface area contributed by atoms with Crippen molar-refractivity contribution in [1.29, 1.82) is 0 Å². The van der Waals surface area contributed by atoms with Gasteiger partial charge in [0.15, 0.2) is 0 Å². The van der Waals surface area contributed by atoms with Crippen LogP contribution in [0.25, 0.3) is 0 Å². The molecule has 2 bridgehead atoms. The van der Waals surface area contributed by atoms with E-state index in [0.717, 1.165) is 25.7 Å². The lowest BCUT2D eigenvalue weighted by atomic mass is 9.71. The molecule has 2 amide bonds. The molecule has 29 heavy (non-hydrogen) atoms. The fourth-order valence-electron chi connectivity index (χ4n) is 5.36.